The maximum absolute atomic E-state index is 9.66. The van der Waals surface area contributed by atoms with E-state index in [-0.39, 0.29) is 0 Å². The highest BCUT2D eigenvalue weighted by atomic mass is 16.5. The molecule has 0 fully saturated rings. The average molecular weight is 152 g/mol. The first kappa shape index (κ1) is 7.69. The molecule has 0 spiro atoms. The fourth-order valence-electron chi connectivity index (χ4n) is 0.746. The number of hydrogen-bond acceptors (Lipinski definition) is 4. The summed E-state index contributed by atoms with van der Waals surface area (Å²) in [6, 6.07) is 1.82. The van der Waals surface area contributed by atoms with Gasteiger partial charge in [0.15, 0.2) is 0 Å². The van der Waals surface area contributed by atoms with E-state index in [4.69, 9.17) is 4.52 Å². The van der Waals surface area contributed by atoms with Gasteiger partial charge in [-0.25, -0.2) is 9.79 Å². The molecule has 0 bridgehead atoms. The van der Waals surface area contributed by atoms with Gasteiger partial charge in [0.1, 0.15) is 5.76 Å². The Balaban J connectivity index is 2.44. The number of carbonyl (C=O) groups excluding carboxylic acids is 1. The summed E-state index contributed by atoms with van der Waals surface area (Å²) in [5.41, 5.74) is 0.843. The average Bonchev–Trinajstić information content (AvgIpc) is 2.37. The Morgan fingerprint density at radius 2 is 2.64 bits per heavy atom. The summed E-state index contributed by atoms with van der Waals surface area (Å²) >= 11 is 0. The topological polar surface area (TPSA) is 55.5 Å². The van der Waals surface area contributed by atoms with Crippen LogP contribution in [0.3, 0.4) is 0 Å². The number of nitrogens with zero attached hydrogens (tertiary/aromatic N) is 2. The van der Waals surface area contributed by atoms with Gasteiger partial charge in [-0.2, -0.15) is 0 Å². The van der Waals surface area contributed by atoms with Crippen molar-refractivity contribution >= 4 is 6.08 Å². The minimum Gasteiger partial charge on any atom is -0.361 e. The van der Waals surface area contributed by atoms with Gasteiger partial charge >= 0.3 is 0 Å². The molecule has 0 saturated carbocycles. The van der Waals surface area contributed by atoms with Crippen molar-refractivity contribution in [3.8, 4) is 0 Å². The Hall–Kier alpha value is -1.41. The van der Waals surface area contributed by atoms with Crippen LogP contribution in [0.2, 0.25) is 0 Å². The molecule has 0 aromatic carbocycles. The van der Waals surface area contributed by atoms with E-state index in [9.17, 15) is 4.79 Å². The van der Waals surface area contributed by atoms with Crippen molar-refractivity contribution in [1.82, 2.24) is 5.16 Å². The van der Waals surface area contributed by atoms with E-state index in [0.29, 0.717) is 13.0 Å². The van der Waals surface area contributed by atoms with E-state index in [0.717, 1.165) is 11.5 Å². The zero-order chi connectivity index (χ0) is 8.10. The van der Waals surface area contributed by atoms with Crippen molar-refractivity contribution in [2.24, 2.45) is 4.99 Å². The normalized spacial score (nSPS) is 9.18. The van der Waals surface area contributed by atoms with Crippen LogP contribution >= 0.6 is 0 Å². The smallest absolute Gasteiger partial charge is 0.234 e. The van der Waals surface area contributed by atoms with Gasteiger partial charge in [-0.15, -0.1) is 0 Å². The minimum atomic E-state index is 0.415. The molecule has 1 rings (SSSR count). The molecule has 0 aliphatic rings. The molecule has 4 heteroatoms. The number of aromatic nitrogens is 1. The Kier molecular flexibility index (Phi) is 2.58. The highest BCUT2D eigenvalue weighted by Gasteiger charge is 1.97. The number of rotatable bonds is 3. The van der Waals surface area contributed by atoms with Crippen LogP contribution in [-0.2, 0) is 11.2 Å². The van der Waals surface area contributed by atoms with Crippen molar-refractivity contribution in [2.75, 3.05) is 6.54 Å². The maximum Gasteiger partial charge on any atom is 0.234 e. The summed E-state index contributed by atoms with van der Waals surface area (Å²) in [6.45, 7) is 2.26. The molecule has 0 atom stereocenters. The van der Waals surface area contributed by atoms with Crippen LogP contribution in [0.1, 0.15) is 11.5 Å². The third-order valence-corrected chi connectivity index (χ3v) is 1.21. The predicted octanol–water partition coefficient (Wildman–Crippen LogP) is 0.861. The molecule has 0 amide bonds. The van der Waals surface area contributed by atoms with E-state index in [1.807, 2.05) is 13.0 Å². The standard InChI is InChI=1S/C7H8N2O2/c1-6-4-7(11-9-6)2-3-8-5-10/h4H,2-3H2,1H3. The lowest BCUT2D eigenvalue weighted by Crippen LogP contribution is -1.85. The highest BCUT2D eigenvalue weighted by Crippen LogP contribution is 2.02. The minimum absolute atomic E-state index is 0.415. The number of isocyanates is 1. The van der Waals surface area contributed by atoms with Gasteiger partial charge in [0.25, 0.3) is 0 Å². The van der Waals surface area contributed by atoms with Gasteiger partial charge in [0, 0.05) is 12.5 Å². The molecular formula is C7H8N2O2. The van der Waals surface area contributed by atoms with E-state index >= 15 is 0 Å². The van der Waals surface area contributed by atoms with Gasteiger partial charge in [-0.1, -0.05) is 5.16 Å². The van der Waals surface area contributed by atoms with Crippen molar-refractivity contribution in [3.05, 3.63) is 17.5 Å². The van der Waals surface area contributed by atoms with E-state index in [2.05, 4.69) is 10.1 Å². The summed E-state index contributed by atoms with van der Waals surface area (Å²) < 4.78 is 4.87. The summed E-state index contributed by atoms with van der Waals surface area (Å²) in [6.07, 6.45) is 2.06. The van der Waals surface area contributed by atoms with Crippen LogP contribution < -0.4 is 0 Å². The van der Waals surface area contributed by atoms with Gasteiger partial charge < -0.3 is 4.52 Å². The molecule has 0 aliphatic heterocycles. The largest absolute Gasteiger partial charge is 0.361 e. The third-order valence-electron chi connectivity index (χ3n) is 1.21. The summed E-state index contributed by atoms with van der Waals surface area (Å²) in [4.78, 5) is 13.0. The quantitative estimate of drug-likeness (QED) is 0.476. The zero-order valence-electron chi connectivity index (χ0n) is 6.20. The second-order valence-corrected chi connectivity index (χ2v) is 2.16. The first-order chi connectivity index (χ1) is 5.33. The van der Waals surface area contributed by atoms with Gasteiger partial charge in [-0.05, 0) is 6.92 Å². The first-order valence-corrected chi connectivity index (χ1v) is 3.29. The van der Waals surface area contributed by atoms with Crippen molar-refractivity contribution < 1.29 is 9.32 Å². The van der Waals surface area contributed by atoms with Crippen LogP contribution in [0, 0.1) is 6.92 Å². The van der Waals surface area contributed by atoms with Gasteiger partial charge in [0.2, 0.25) is 6.08 Å². The SMILES string of the molecule is Cc1cc(CCN=C=O)on1. The fraction of sp³-hybridized carbons (Fsp3) is 0.429. The van der Waals surface area contributed by atoms with E-state index < -0.39 is 0 Å². The number of aryl methyl sites for hydroxylation is 1. The Bertz CT molecular complexity index is 274. The van der Waals surface area contributed by atoms with Crippen LogP contribution in [0.25, 0.3) is 0 Å². The van der Waals surface area contributed by atoms with Crippen molar-refractivity contribution in [3.63, 3.8) is 0 Å². The lowest BCUT2D eigenvalue weighted by Gasteiger charge is -1.84. The molecule has 11 heavy (non-hydrogen) atoms. The summed E-state index contributed by atoms with van der Waals surface area (Å²) in [5, 5.41) is 3.68. The molecule has 4 nitrogen and oxygen atoms in total. The Labute approximate surface area is 63.9 Å². The predicted molar refractivity (Wildman–Crippen MR) is 37.9 cm³/mol. The number of hydrogen-bond donors (Lipinski definition) is 0. The maximum atomic E-state index is 9.66. The van der Waals surface area contributed by atoms with Gasteiger partial charge in [-0.3, -0.25) is 0 Å². The van der Waals surface area contributed by atoms with Crippen LogP contribution in [0.5, 0.6) is 0 Å². The Morgan fingerprint density at radius 1 is 1.82 bits per heavy atom. The van der Waals surface area contributed by atoms with Crippen LogP contribution in [0.15, 0.2) is 15.6 Å². The molecule has 0 N–H and O–H groups in total. The molecule has 1 aromatic rings. The molecule has 1 aromatic heterocycles. The van der Waals surface area contributed by atoms with Crippen molar-refractivity contribution in [1.29, 1.82) is 0 Å². The molecular weight excluding hydrogens is 144 g/mol. The molecule has 0 saturated heterocycles. The van der Waals surface area contributed by atoms with Crippen LogP contribution in [0.4, 0.5) is 0 Å². The van der Waals surface area contributed by atoms with E-state index in [1.54, 1.807) is 0 Å². The zero-order valence-corrected chi connectivity index (χ0v) is 6.20. The molecule has 0 unspecified atom stereocenters. The summed E-state index contributed by atoms with van der Waals surface area (Å²) in [5.74, 6) is 0.751. The second kappa shape index (κ2) is 3.68. The first-order valence-electron chi connectivity index (χ1n) is 3.29. The van der Waals surface area contributed by atoms with Gasteiger partial charge in [0.05, 0.1) is 12.2 Å². The van der Waals surface area contributed by atoms with Crippen LogP contribution in [-0.4, -0.2) is 17.8 Å². The Morgan fingerprint density at radius 3 is 3.18 bits per heavy atom. The lowest BCUT2D eigenvalue weighted by molar-refractivity contribution is 0.381. The van der Waals surface area contributed by atoms with E-state index in [1.165, 1.54) is 6.08 Å². The molecule has 1 heterocycles. The third kappa shape index (κ3) is 2.35. The lowest BCUT2D eigenvalue weighted by atomic mass is 10.3. The number of aliphatic imine (C=N–C) groups is 1. The molecule has 58 valence electrons. The summed E-state index contributed by atoms with van der Waals surface area (Å²) in [7, 11) is 0. The molecule has 0 radical (unpaired) electrons. The fourth-order valence-corrected chi connectivity index (χ4v) is 0.746. The molecule has 0 aliphatic carbocycles. The second-order valence-electron chi connectivity index (χ2n) is 2.16. The van der Waals surface area contributed by atoms with Crippen molar-refractivity contribution in [2.45, 2.75) is 13.3 Å². The monoisotopic (exact) mass is 152 g/mol. The highest BCUT2D eigenvalue weighted by molar-refractivity contribution is 5.32.